The van der Waals surface area contributed by atoms with Crippen LogP contribution in [-0.2, 0) is 19.1 Å². The van der Waals surface area contributed by atoms with Crippen LogP contribution in [0.15, 0.2) is 11.3 Å². The van der Waals surface area contributed by atoms with Gasteiger partial charge in [0.15, 0.2) is 5.78 Å². The van der Waals surface area contributed by atoms with Crippen molar-refractivity contribution < 1.29 is 24.2 Å². The molecule has 0 aromatic rings. The molecule has 0 radical (unpaired) electrons. The largest absolute Gasteiger partial charge is 0.511 e. The fraction of sp³-hybridized carbons (Fsp3) is 0.762. The summed E-state index contributed by atoms with van der Waals surface area (Å²) in [7, 11) is 0. The number of esters is 2. The minimum absolute atomic E-state index is 0.0225. The Hall–Kier alpha value is -1.65. The third kappa shape index (κ3) is 9.73. The van der Waals surface area contributed by atoms with Crippen molar-refractivity contribution in [3.63, 3.8) is 0 Å². The van der Waals surface area contributed by atoms with Crippen molar-refractivity contribution in [3.05, 3.63) is 11.3 Å². The van der Waals surface area contributed by atoms with E-state index in [-0.39, 0.29) is 41.4 Å². The quantitative estimate of drug-likeness (QED) is 0.204. The number of hydrogen-bond acceptors (Lipinski definition) is 5. The first kappa shape index (κ1) is 24.4. The summed E-state index contributed by atoms with van der Waals surface area (Å²) in [6.45, 7) is 15.2. The van der Waals surface area contributed by atoms with E-state index in [1.54, 1.807) is 6.92 Å². The summed E-state index contributed by atoms with van der Waals surface area (Å²) in [5.41, 5.74) is -0.715. The standard InChI is InChI=1S/C21H36O5/c1-13(2)9-10-15(5)19(24)18(16(22)11-14(3)4)20(25)26-17(23)12-21(6,7)8/h13-15,24H,9-12H2,1-8H3. The molecule has 1 atom stereocenters. The van der Waals surface area contributed by atoms with E-state index in [1.165, 1.54) is 0 Å². The molecule has 1 unspecified atom stereocenters. The molecule has 0 spiro atoms. The number of carbonyl (C=O) groups is 3. The second-order valence-corrected chi connectivity index (χ2v) is 9.15. The second kappa shape index (κ2) is 10.5. The average molecular weight is 369 g/mol. The van der Waals surface area contributed by atoms with Crippen molar-refractivity contribution in [1.82, 2.24) is 0 Å². The van der Waals surface area contributed by atoms with Crippen LogP contribution in [-0.4, -0.2) is 22.8 Å². The highest BCUT2D eigenvalue weighted by Crippen LogP contribution is 2.24. The van der Waals surface area contributed by atoms with Gasteiger partial charge in [-0.3, -0.25) is 9.59 Å². The molecule has 5 heteroatoms. The molecule has 0 heterocycles. The highest BCUT2D eigenvalue weighted by atomic mass is 16.6. The molecule has 5 nitrogen and oxygen atoms in total. The van der Waals surface area contributed by atoms with E-state index in [9.17, 15) is 19.5 Å². The molecule has 0 saturated carbocycles. The van der Waals surface area contributed by atoms with Crippen molar-refractivity contribution in [2.75, 3.05) is 0 Å². The van der Waals surface area contributed by atoms with Crippen LogP contribution in [0.25, 0.3) is 0 Å². The first-order valence-corrected chi connectivity index (χ1v) is 9.46. The lowest BCUT2D eigenvalue weighted by Crippen LogP contribution is -2.25. The van der Waals surface area contributed by atoms with Gasteiger partial charge in [0.05, 0.1) is 6.42 Å². The van der Waals surface area contributed by atoms with E-state index in [0.29, 0.717) is 12.3 Å². The predicted octanol–water partition coefficient (Wildman–Crippen LogP) is 4.99. The molecule has 0 aliphatic carbocycles. The lowest BCUT2D eigenvalue weighted by atomic mass is 9.91. The number of carbonyl (C=O) groups excluding carboxylic acids is 3. The Kier molecular flexibility index (Phi) is 9.82. The summed E-state index contributed by atoms with van der Waals surface area (Å²) in [6, 6.07) is 0. The molecule has 0 aliphatic heterocycles. The maximum Gasteiger partial charge on any atom is 0.352 e. The molecule has 0 aliphatic rings. The van der Waals surface area contributed by atoms with Crippen LogP contribution < -0.4 is 0 Å². The van der Waals surface area contributed by atoms with Gasteiger partial charge in [0.25, 0.3) is 0 Å². The molecule has 0 aromatic carbocycles. The number of aliphatic hydroxyl groups is 1. The summed E-state index contributed by atoms with van der Waals surface area (Å²) in [6.07, 6.45) is 1.66. The third-order valence-corrected chi connectivity index (χ3v) is 3.86. The lowest BCUT2D eigenvalue weighted by molar-refractivity contribution is -0.158. The maximum absolute atomic E-state index is 12.5. The van der Waals surface area contributed by atoms with Gasteiger partial charge in [-0.15, -0.1) is 0 Å². The molecule has 0 bridgehead atoms. The highest BCUT2D eigenvalue weighted by molar-refractivity contribution is 6.19. The number of hydrogen-bond donors (Lipinski definition) is 1. The topological polar surface area (TPSA) is 80.7 Å². The zero-order valence-corrected chi connectivity index (χ0v) is 17.6. The normalized spacial score (nSPS) is 14.2. The monoisotopic (exact) mass is 368 g/mol. The second-order valence-electron chi connectivity index (χ2n) is 9.15. The van der Waals surface area contributed by atoms with Crippen molar-refractivity contribution in [1.29, 1.82) is 0 Å². The van der Waals surface area contributed by atoms with Gasteiger partial charge in [-0.05, 0) is 23.7 Å². The fourth-order valence-corrected chi connectivity index (χ4v) is 2.42. The first-order valence-electron chi connectivity index (χ1n) is 9.46. The Morgan fingerprint density at radius 1 is 0.923 bits per heavy atom. The molecular formula is C21H36O5. The number of Topliss-reactive ketones (excluding diaryl/α,β-unsaturated/α-hetero) is 1. The van der Waals surface area contributed by atoms with E-state index in [1.807, 2.05) is 34.6 Å². The maximum atomic E-state index is 12.5. The van der Waals surface area contributed by atoms with Gasteiger partial charge in [0.1, 0.15) is 11.3 Å². The highest BCUT2D eigenvalue weighted by Gasteiger charge is 2.30. The number of aliphatic hydroxyl groups excluding tert-OH is 1. The van der Waals surface area contributed by atoms with Crippen molar-refractivity contribution in [2.24, 2.45) is 23.2 Å². The SMILES string of the molecule is CC(C)CCC(C)C(O)=C(C(=O)CC(C)C)C(=O)OC(=O)CC(C)(C)C. The third-order valence-electron chi connectivity index (χ3n) is 3.86. The van der Waals surface area contributed by atoms with Gasteiger partial charge in [-0.1, -0.05) is 61.8 Å². The number of allylic oxidation sites excluding steroid dienone is 1. The molecular weight excluding hydrogens is 332 g/mol. The molecule has 150 valence electrons. The van der Waals surface area contributed by atoms with Crippen LogP contribution >= 0.6 is 0 Å². The molecule has 0 saturated heterocycles. The Balaban J connectivity index is 5.51. The molecule has 0 aromatic heterocycles. The summed E-state index contributed by atoms with van der Waals surface area (Å²) in [5.74, 6) is -2.38. The molecule has 0 fully saturated rings. The van der Waals surface area contributed by atoms with E-state index >= 15 is 0 Å². The Labute approximate surface area is 158 Å². The Bertz CT molecular complexity index is 535. The van der Waals surface area contributed by atoms with Crippen LogP contribution in [0.3, 0.4) is 0 Å². The van der Waals surface area contributed by atoms with Crippen LogP contribution in [0.4, 0.5) is 0 Å². The van der Waals surface area contributed by atoms with Gasteiger partial charge in [-0.2, -0.15) is 0 Å². The van der Waals surface area contributed by atoms with Crippen LogP contribution in [0.5, 0.6) is 0 Å². The number of ether oxygens (including phenoxy) is 1. The molecule has 0 rings (SSSR count). The van der Waals surface area contributed by atoms with E-state index in [0.717, 1.165) is 6.42 Å². The summed E-state index contributed by atoms with van der Waals surface area (Å²) >= 11 is 0. The molecule has 0 amide bonds. The van der Waals surface area contributed by atoms with Crippen molar-refractivity contribution in [2.45, 2.75) is 81.1 Å². The predicted molar refractivity (Wildman–Crippen MR) is 103 cm³/mol. The number of ketones is 1. The average Bonchev–Trinajstić information content (AvgIpc) is 2.41. The van der Waals surface area contributed by atoms with Gasteiger partial charge in [0, 0.05) is 12.3 Å². The van der Waals surface area contributed by atoms with E-state index < -0.39 is 17.7 Å². The smallest absolute Gasteiger partial charge is 0.352 e. The summed E-state index contributed by atoms with van der Waals surface area (Å²) < 4.78 is 4.87. The lowest BCUT2D eigenvalue weighted by Gasteiger charge is -2.18. The first-order chi connectivity index (χ1) is 11.7. The molecule has 1 N–H and O–H groups in total. The van der Waals surface area contributed by atoms with Crippen LogP contribution in [0, 0.1) is 23.2 Å². The van der Waals surface area contributed by atoms with E-state index in [2.05, 4.69) is 13.8 Å². The van der Waals surface area contributed by atoms with Gasteiger partial charge >= 0.3 is 11.9 Å². The fourth-order valence-electron chi connectivity index (χ4n) is 2.42. The minimum Gasteiger partial charge on any atom is -0.511 e. The van der Waals surface area contributed by atoms with Gasteiger partial charge in [-0.25, -0.2) is 4.79 Å². The Morgan fingerprint density at radius 3 is 1.88 bits per heavy atom. The Morgan fingerprint density at radius 2 is 1.46 bits per heavy atom. The minimum atomic E-state index is -1.04. The summed E-state index contributed by atoms with van der Waals surface area (Å²) in [5, 5.41) is 10.5. The van der Waals surface area contributed by atoms with Crippen LogP contribution in [0.2, 0.25) is 0 Å². The van der Waals surface area contributed by atoms with Crippen LogP contribution in [0.1, 0.15) is 81.1 Å². The van der Waals surface area contributed by atoms with Gasteiger partial charge < -0.3 is 9.84 Å². The van der Waals surface area contributed by atoms with Gasteiger partial charge in [0.2, 0.25) is 0 Å². The van der Waals surface area contributed by atoms with E-state index in [4.69, 9.17) is 4.74 Å². The van der Waals surface area contributed by atoms with Crippen molar-refractivity contribution in [3.8, 4) is 0 Å². The van der Waals surface area contributed by atoms with Crippen molar-refractivity contribution >= 4 is 17.7 Å². The zero-order chi connectivity index (χ0) is 20.7. The zero-order valence-electron chi connectivity index (χ0n) is 17.6. The summed E-state index contributed by atoms with van der Waals surface area (Å²) in [4.78, 5) is 36.9. The number of rotatable bonds is 9. The molecule has 26 heavy (non-hydrogen) atoms.